The smallest absolute Gasteiger partial charge is 0.224 e. The van der Waals surface area contributed by atoms with Crippen molar-refractivity contribution in [2.45, 2.75) is 0 Å². The molecule has 6 heteroatoms. The highest BCUT2D eigenvalue weighted by Crippen LogP contribution is 2.29. The molecule has 0 fully saturated rings. The van der Waals surface area contributed by atoms with Gasteiger partial charge in [-0.25, -0.2) is 4.98 Å². The molecule has 3 aromatic heterocycles. The van der Waals surface area contributed by atoms with E-state index in [0.717, 1.165) is 33.1 Å². The summed E-state index contributed by atoms with van der Waals surface area (Å²) in [7, 11) is 1.80. The molecule has 0 bridgehead atoms. The fraction of sp³-hybridized carbons (Fsp3) is 0.0667. The normalized spacial score (nSPS) is 11.1. The van der Waals surface area contributed by atoms with Crippen LogP contribution in [0.15, 0.2) is 42.9 Å². The summed E-state index contributed by atoms with van der Waals surface area (Å²) in [5.41, 5.74) is 3.88. The van der Waals surface area contributed by atoms with Crippen LogP contribution in [0.1, 0.15) is 0 Å². The summed E-state index contributed by atoms with van der Waals surface area (Å²) < 4.78 is 0. The number of rotatable bonds is 2. The molecule has 21 heavy (non-hydrogen) atoms. The minimum Gasteiger partial charge on any atom is -0.357 e. The Labute approximate surface area is 120 Å². The SMILES string of the molecule is CNc1ncc2c(-c3ccc4nnccc4c3)c[nH]c2n1. The standard InChI is InChI=1S/C15H12N6/c1-16-15-18-8-12-11(7-17-14(12)20-15)9-2-3-13-10(6-9)4-5-19-21-13/h2-8H,1H3,(H2,16,17,18,20). The topological polar surface area (TPSA) is 79.4 Å². The van der Waals surface area contributed by atoms with Crippen LogP contribution in [-0.4, -0.2) is 32.2 Å². The van der Waals surface area contributed by atoms with Gasteiger partial charge in [0.15, 0.2) is 0 Å². The molecule has 2 N–H and O–H groups in total. The second-order valence-electron chi connectivity index (χ2n) is 4.71. The number of aromatic nitrogens is 5. The van der Waals surface area contributed by atoms with Crippen molar-refractivity contribution in [2.24, 2.45) is 0 Å². The molecule has 0 atom stereocenters. The van der Waals surface area contributed by atoms with Crippen LogP contribution in [-0.2, 0) is 0 Å². The number of nitrogens with zero attached hydrogens (tertiary/aromatic N) is 4. The van der Waals surface area contributed by atoms with Gasteiger partial charge in [0.05, 0.1) is 11.7 Å². The highest BCUT2D eigenvalue weighted by atomic mass is 15.1. The van der Waals surface area contributed by atoms with Gasteiger partial charge in [0, 0.05) is 35.8 Å². The molecule has 0 unspecified atom stereocenters. The number of benzene rings is 1. The zero-order valence-electron chi connectivity index (χ0n) is 11.3. The lowest BCUT2D eigenvalue weighted by atomic mass is 10.0. The van der Waals surface area contributed by atoms with Gasteiger partial charge in [-0.15, -0.1) is 0 Å². The lowest BCUT2D eigenvalue weighted by Gasteiger charge is -2.02. The number of fused-ring (bicyclic) bond motifs is 2. The van der Waals surface area contributed by atoms with Gasteiger partial charge in [0.2, 0.25) is 5.95 Å². The summed E-state index contributed by atoms with van der Waals surface area (Å²) in [6.45, 7) is 0. The van der Waals surface area contributed by atoms with Gasteiger partial charge in [-0.1, -0.05) is 6.07 Å². The van der Waals surface area contributed by atoms with E-state index in [-0.39, 0.29) is 0 Å². The van der Waals surface area contributed by atoms with Crippen molar-refractivity contribution in [3.05, 3.63) is 42.9 Å². The van der Waals surface area contributed by atoms with Gasteiger partial charge in [-0.2, -0.15) is 15.2 Å². The molecular weight excluding hydrogens is 264 g/mol. The van der Waals surface area contributed by atoms with E-state index in [4.69, 9.17) is 0 Å². The van der Waals surface area contributed by atoms with Crippen molar-refractivity contribution in [1.82, 2.24) is 25.1 Å². The molecular formula is C15H12N6. The third-order valence-corrected chi connectivity index (χ3v) is 3.48. The monoisotopic (exact) mass is 276 g/mol. The van der Waals surface area contributed by atoms with Gasteiger partial charge in [-0.3, -0.25) is 0 Å². The average molecular weight is 276 g/mol. The predicted molar refractivity (Wildman–Crippen MR) is 82.0 cm³/mol. The van der Waals surface area contributed by atoms with Gasteiger partial charge < -0.3 is 10.3 Å². The van der Waals surface area contributed by atoms with E-state index in [1.807, 2.05) is 30.6 Å². The molecule has 0 saturated heterocycles. The summed E-state index contributed by atoms with van der Waals surface area (Å²) in [5, 5.41) is 13.0. The Morgan fingerprint density at radius 1 is 1.19 bits per heavy atom. The molecule has 0 spiro atoms. The number of aromatic amines is 1. The summed E-state index contributed by atoms with van der Waals surface area (Å²) in [6, 6.07) is 8.06. The zero-order valence-corrected chi connectivity index (χ0v) is 11.3. The fourth-order valence-electron chi connectivity index (χ4n) is 2.42. The second-order valence-corrected chi connectivity index (χ2v) is 4.71. The van der Waals surface area contributed by atoms with Crippen LogP contribution in [0.4, 0.5) is 5.95 Å². The summed E-state index contributed by atoms with van der Waals surface area (Å²) in [6.07, 6.45) is 5.48. The lowest BCUT2D eigenvalue weighted by molar-refractivity contribution is 1.08. The molecule has 0 amide bonds. The molecule has 0 radical (unpaired) electrons. The highest BCUT2D eigenvalue weighted by molar-refractivity contribution is 5.96. The van der Waals surface area contributed by atoms with Crippen LogP contribution in [0.2, 0.25) is 0 Å². The van der Waals surface area contributed by atoms with Gasteiger partial charge in [0.1, 0.15) is 5.65 Å². The minimum atomic E-state index is 0.602. The molecule has 4 rings (SSSR count). The number of nitrogens with one attached hydrogen (secondary N) is 2. The van der Waals surface area contributed by atoms with Gasteiger partial charge >= 0.3 is 0 Å². The Kier molecular flexibility index (Phi) is 2.53. The first-order chi connectivity index (χ1) is 10.3. The largest absolute Gasteiger partial charge is 0.357 e. The molecule has 4 aromatic rings. The van der Waals surface area contributed by atoms with E-state index in [1.165, 1.54) is 0 Å². The molecule has 0 aliphatic carbocycles. The highest BCUT2D eigenvalue weighted by Gasteiger charge is 2.09. The Morgan fingerprint density at radius 3 is 3.05 bits per heavy atom. The van der Waals surface area contributed by atoms with Crippen LogP contribution < -0.4 is 5.32 Å². The van der Waals surface area contributed by atoms with E-state index in [1.54, 1.807) is 13.2 Å². The van der Waals surface area contributed by atoms with Crippen LogP contribution in [0, 0.1) is 0 Å². The van der Waals surface area contributed by atoms with Crippen molar-refractivity contribution >= 4 is 27.9 Å². The average Bonchev–Trinajstić information content (AvgIpc) is 2.97. The third kappa shape index (κ3) is 1.88. The molecule has 0 saturated carbocycles. The molecule has 102 valence electrons. The number of H-pyrrole nitrogens is 1. The first-order valence-corrected chi connectivity index (χ1v) is 6.59. The Balaban J connectivity index is 1.91. The number of hydrogen-bond donors (Lipinski definition) is 2. The van der Waals surface area contributed by atoms with Crippen LogP contribution in [0.5, 0.6) is 0 Å². The van der Waals surface area contributed by atoms with E-state index in [9.17, 15) is 0 Å². The van der Waals surface area contributed by atoms with E-state index in [0.29, 0.717) is 5.95 Å². The maximum absolute atomic E-state index is 4.40. The zero-order chi connectivity index (χ0) is 14.2. The Morgan fingerprint density at radius 2 is 2.14 bits per heavy atom. The Bertz CT molecular complexity index is 943. The van der Waals surface area contributed by atoms with Crippen LogP contribution in [0.3, 0.4) is 0 Å². The minimum absolute atomic E-state index is 0.602. The summed E-state index contributed by atoms with van der Waals surface area (Å²) in [4.78, 5) is 11.9. The van der Waals surface area contributed by atoms with Crippen LogP contribution >= 0.6 is 0 Å². The maximum Gasteiger partial charge on any atom is 0.224 e. The van der Waals surface area contributed by atoms with Gasteiger partial charge in [0.25, 0.3) is 0 Å². The van der Waals surface area contributed by atoms with Crippen molar-refractivity contribution in [1.29, 1.82) is 0 Å². The number of hydrogen-bond acceptors (Lipinski definition) is 5. The van der Waals surface area contributed by atoms with Crippen molar-refractivity contribution in [3.63, 3.8) is 0 Å². The first kappa shape index (κ1) is 11.8. The second kappa shape index (κ2) is 4.52. The van der Waals surface area contributed by atoms with Crippen LogP contribution in [0.25, 0.3) is 33.1 Å². The predicted octanol–water partition coefficient (Wildman–Crippen LogP) is 2.61. The maximum atomic E-state index is 4.40. The fourth-order valence-corrected chi connectivity index (χ4v) is 2.42. The molecule has 0 aliphatic rings. The summed E-state index contributed by atoms with van der Waals surface area (Å²) in [5.74, 6) is 0.602. The molecule has 3 heterocycles. The third-order valence-electron chi connectivity index (χ3n) is 3.48. The molecule has 0 aliphatic heterocycles. The summed E-state index contributed by atoms with van der Waals surface area (Å²) >= 11 is 0. The van der Waals surface area contributed by atoms with E-state index in [2.05, 4.69) is 36.5 Å². The Hall–Kier alpha value is -3.02. The molecule has 6 nitrogen and oxygen atoms in total. The lowest BCUT2D eigenvalue weighted by Crippen LogP contribution is -1.95. The van der Waals surface area contributed by atoms with E-state index >= 15 is 0 Å². The quantitative estimate of drug-likeness (QED) is 0.588. The van der Waals surface area contributed by atoms with Gasteiger partial charge in [-0.05, 0) is 23.8 Å². The number of anilines is 1. The first-order valence-electron chi connectivity index (χ1n) is 6.59. The van der Waals surface area contributed by atoms with Crippen molar-refractivity contribution in [2.75, 3.05) is 12.4 Å². The van der Waals surface area contributed by atoms with Crippen molar-refractivity contribution in [3.8, 4) is 11.1 Å². The van der Waals surface area contributed by atoms with E-state index < -0.39 is 0 Å². The van der Waals surface area contributed by atoms with Crippen molar-refractivity contribution < 1.29 is 0 Å². The molecule has 1 aromatic carbocycles.